The Labute approximate surface area is 175 Å². The molecule has 0 bridgehead atoms. The number of carbonyl (C=O) groups excluding carboxylic acids is 1. The van der Waals surface area contributed by atoms with Crippen molar-refractivity contribution in [2.45, 2.75) is 19.3 Å². The molecule has 1 aliphatic heterocycles. The maximum absolute atomic E-state index is 13.3. The molecule has 2 aliphatic rings. The Morgan fingerprint density at radius 3 is 2.53 bits per heavy atom. The molecule has 2 N–H and O–H groups in total. The molecule has 1 fully saturated rings. The summed E-state index contributed by atoms with van der Waals surface area (Å²) in [7, 11) is 0. The molecule has 0 amide bonds. The van der Waals surface area contributed by atoms with Gasteiger partial charge in [0.1, 0.15) is 5.75 Å². The smallest absolute Gasteiger partial charge is 0.221 e. The first-order chi connectivity index (χ1) is 14.7. The van der Waals surface area contributed by atoms with Crippen molar-refractivity contribution in [1.29, 1.82) is 0 Å². The van der Waals surface area contributed by atoms with E-state index >= 15 is 0 Å². The molecule has 0 saturated carbocycles. The van der Waals surface area contributed by atoms with Gasteiger partial charge in [0.2, 0.25) is 5.95 Å². The van der Waals surface area contributed by atoms with Gasteiger partial charge in [-0.3, -0.25) is 4.79 Å². The van der Waals surface area contributed by atoms with Gasteiger partial charge in [-0.05, 0) is 50.6 Å². The fourth-order valence-corrected chi connectivity index (χ4v) is 4.32. The molecule has 152 valence electrons. The Bertz CT molecular complexity index is 1090. The molecular weight excluding hydrogens is 376 g/mol. The Balaban J connectivity index is 1.39. The van der Waals surface area contributed by atoms with E-state index in [0.717, 1.165) is 24.1 Å². The molecule has 6 nitrogen and oxygen atoms in total. The predicted octanol–water partition coefficient (Wildman–Crippen LogP) is 3.80. The molecule has 30 heavy (non-hydrogen) atoms. The molecule has 1 aromatic heterocycles. The van der Waals surface area contributed by atoms with Crippen LogP contribution in [0.25, 0.3) is 22.5 Å². The summed E-state index contributed by atoms with van der Waals surface area (Å²) >= 11 is 0. The largest absolute Gasteiger partial charge is 0.494 e. The number of nitrogen functional groups attached to an aromatic ring is 1. The third-order valence-electron chi connectivity index (χ3n) is 5.78. The molecule has 0 atom stereocenters. The Hall–Kier alpha value is -3.25. The van der Waals surface area contributed by atoms with E-state index in [0.29, 0.717) is 34.9 Å². The number of ether oxygens (including phenoxy) is 1. The van der Waals surface area contributed by atoms with Crippen molar-refractivity contribution in [3.8, 4) is 28.3 Å². The number of aromatic nitrogens is 2. The Morgan fingerprint density at radius 1 is 0.967 bits per heavy atom. The molecule has 1 aliphatic carbocycles. The van der Waals surface area contributed by atoms with Crippen molar-refractivity contribution in [2.24, 2.45) is 0 Å². The SMILES string of the molecule is Nc1nc(-c2ccccc2)c2c(n1)-c1ccc(OCCCN3CCCC3)cc1C2=O. The van der Waals surface area contributed by atoms with Crippen LogP contribution < -0.4 is 10.5 Å². The molecule has 5 rings (SSSR count). The molecule has 6 heteroatoms. The lowest BCUT2D eigenvalue weighted by Crippen LogP contribution is -2.21. The first kappa shape index (κ1) is 18.8. The average molecular weight is 400 g/mol. The number of likely N-dealkylation sites (tertiary alicyclic amines) is 1. The summed E-state index contributed by atoms with van der Waals surface area (Å²) in [5, 5.41) is 0. The second-order valence-electron chi connectivity index (χ2n) is 7.81. The first-order valence-electron chi connectivity index (χ1n) is 10.5. The van der Waals surface area contributed by atoms with Crippen molar-refractivity contribution >= 4 is 11.7 Å². The highest BCUT2D eigenvalue weighted by Gasteiger charge is 2.33. The molecule has 0 unspecified atom stereocenters. The molecule has 1 saturated heterocycles. The number of rotatable bonds is 6. The standard InChI is InChI=1S/C24H24N4O2/c25-24-26-21(16-7-2-1-3-8-16)20-22(27-24)18-10-9-17(15-19(18)23(20)29)30-14-6-13-28-11-4-5-12-28/h1-3,7-10,15H,4-6,11-14H2,(H2,25,26,27). The van der Waals surface area contributed by atoms with Gasteiger partial charge in [-0.15, -0.1) is 0 Å². The van der Waals surface area contributed by atoms with E-state index in [1.54, 1.807) is 0 Å². The zero-order valence-electron chi connectivity index (χ0n) is 16.8. The molecular formula is C24H24N4O2. The van der Waals surface area contributed by atoms with E-state index in [9.17, 15) is 4.79 Å². The molecule has 3 aromatic rings. The van der Waals surface area contributed by atoms with Crippen LogP contribution in [0.4, 0.5) is 5.95 Å². The minimum atomic E-state index is -0.0821. The molecule has 0 radical (unpaired) electrons. The minimum absolute atomic E-state index is 0.0821. The van der Waals surface area contributed by atoms with Gasteiger partial charge < -0.3 is 15.4 Å². The van der Waals surface area contributed by atoms with Crippen molar-refractivity contribution in [1.82, 2.24) is 14.9 Å². The van der Waals surface area contributed by atoms with E-state index in [4.69, 9.17) is 10.5 Å². The number of anilines is 1. The van der Waals surface area contributed by atoms with Crippen molar-refractivity contribution in [3.05, 3.63) is 59.7 Å². The summed E-state index contributed by atoms with van der Waals surface area (Å²) in [5.41, 5.74) is 9.89. The van der Waals surface area contributed by atoms with Crippen LogP contribution in [-0.2, 0) is 0 Å². The minimum Gasteiger partial charge on any atom is -0.494 e. The van der Waals surface area contributed by atoms with Gasteiger partial charge >= 0.3 is 0 Å². The van der Waals surface area contributed by atoms with Crippen LogP contribution in [0.15, 0.2) is 48.5 Å². The summed E-state index contributed by atoms with van der Waals surface area (Å²) in [5.74, 6) is 0.787. The summed E-state index contributed by atoms with van der Waals surface area (Å²) in [6.45, 7) is 4.09. The summed E-state index contributed by atoms with van der Waals surface area (Å²) in [6, 6.07) is 15.2. The van der Waals surface area contributed by atoms with Gasteiger partial charge in [-0.1, -0.05) is 30.3 Å². The van der Waals surface area contributed by atoms with Gasteiger partial charge in [-0.25, -0.2) is 9.97 Å². The van der Waals surface area contributed by atoms with E-state index in [-0.39, 0.29) is 11.7 Å². The fraction of sp³-hybridized carbons (Fsp3) is 0.292. The van der Waals surface area contributed by atoms with E-state index < -0.39 is 0 Å². The lowest BCUT2D eigenvalue weighted by atomic mass is 10.0. The van der Waals surface area contributed by atoms with E-state index in [1.165, 1.54) is 25.9 Å². The van der Waals surface area contributed by atoms with E-state index in [1.807, 2.05) is 48.5 Å². The molecule has 2 heterocycles. The van der Waals surface area contributed by atoms with E-state index in [2.05, 4.69) is 14.9 Å². The van der Waals surface area contributed by atoms with Crippen LogP contribution in [0.2, 0.25) is 0 Å². The lowest BCUT2D eigenvalue weighted by Gasteiger charge is -2.14. The first-order valence-corrected chi connectivity index (χ1v) is 10.5. The number of benzene rings is 2. The van der Waals surface area contributed by atoms with Crippen molar-refractivity contribution in [2.75, 3.05) is 32.0 Å². The Kier molecular flexibility index (Phi) is 4.93. The number of nitrogens with zero attached hydrogens (tertiary/aromatic N) is 3. The fourth-order valence-electron chi connectivity index (χ4n) is 4.32. The zero-order chi connectivity index (χ0) is 20.5. The number of hydrogen-bond donors (Lipinski definition) is 1. The average Bonchev–Trinajstić information content (AvgIpc) is 3.38. The maximum Gasteiger partial charge on any atom is 0.221 e. The van der Waals surface area contributed by atoms with Crippen LogP contribution in [0.5, 0.6) is 5.75 Å². The summed E-state index contributed by atoms with van der Waals surface area (Å²) in [4.78, 5) is 24.5. The molecule has 0 spiro atoms. The normalized spacial score (nSPS) is 15.3. The Morgan fingerprint density at radius 2 is 1.73 bits per heavy atom. The second-order valence-corrected chi connectivity index (χ2v) is 7.81. The van der Waals surface area contributed by atoms with Gasteiger partial charge in [-0.2, -0.15) is 0 Å². The third kappa shape index (κ3) is 3.44. The second kappa shape index (κ2) is 7.88. The number of ketones is 1. The highest BCUT2D eigenvalue weighted by atomic mass is 16.5. The van der Waals surface area contributed by atoms with Gasteiger partial charge in [0.15, 0.2) is 5.78 Å². The highest BCUT2D eigenvalue weighted by molar-refractivity contribution is 6.23. The monoisotopic (exact) mass is 400 g/mol. The van der Waals surface area contributed by atoms with Gasteiger partial charge in [0.05, 0.1) is 23.6 Å². The number of carbonyl (C=O) groups is 1. The van der Waals surface area contributed by atoms with Crippen molar-refractivity contribution in [3.63, 3.8) is 0 Å². The quantitative estimate of drug-likeness (QED) is 0.496. The van der Waals surface area contributed by atoms with Crippen LogP contribution in [0, 0.1) is 0 Å². The van der Waals surface area contributed by atoms with Crippen LogP contribution in [0.1, 0.15) is 35.2 Å². The summed E-state index contributed by atoms with van der Waals surface area (Å²) in [6.07, 6.45) is 3.57. The van der Waals surface area contributed by atoms with Gasteiger partial charge in [0, 0.05) is 23.2 Å². The van der Waals surface area contributed by atoms with Crippen LogP contribution >= 0.6 is 0 Å². The number of hydrogen-bond acceptors (Lipinski definition) is 6. The number of fused-ring (bicyclic) bond motifs is 3. The third-order valence-corrected chi connectivity index (χ3v) is 5.78. The highest BCUT2D eigenvalue weighted by Crippen LogP contribution is 2.41. The maximum atomic E-state index is 13.3. The molecule has 2 aromatic carbocycles. The number of nitrogens with two attached hydrogens (primary N) is 1. The van der Waals surface area contributed by atoms with Gasteiger partial charge in [0.25, 0.3) is 0 Å². The predicted molar refractivity (Wildman–Crippen MR) is 117 cm³/mol. The zero-order valence-corrected chi connectivity index (χ0v) is 16.8. The summed E-state index contributed by atoms with van der Waals surface area (Å²) < 4.78 is 5.94. The van der Waals surface area contributed by atoms with Crippen LogP contribution in [-0.4, -0.2) is 46.9 Å². The van der Waals surface area contributed by atoms with Crippen molar-refractivity contribution < 1.29 is 9.53 Å². The van der Waals surface area contributed by atoms with Crippen LogP contribution in [0.3, 0.4) is 0 Å². The lowest BCUT2D eigenvalue weighted by molar-refractivity contribution is 0.104. The topological polar surface area (TPSA) is 81.3 Å².